The van der Waals surface area contributed by atoms with Crippen LogP contribution in [0.3, 0.4) is 0 Å². The molecule has 0 atom stereocenters. The van der Waals surface area contributed by atoms with Crippen LogP contribution < -0.4 is 11.5 Å². The molecule has 5 nitrogen and oxygen atoms in total. The van der Waals surface area contributed by atoms with Crippen LogP contribution in [-0.2, 0) is 13.1 Å². The largest absolute Gasteiger partial charge is 0.398 e. The van der Waals surface area contributed by atoms with Crippen molar-refractivity contribution in [1.82, 2.24) is 9.88 Å². The van der Waals surface area contributed by atoms with Gasteiger partial charge in [0.1, 0.15) is 0 Å². The first-order valence-corrected chi connectivity index (χ1v) is 6.32. The minimum absolute atomic E-state index is 0.432. The molecule has 1 amide bonds. The summed E-state index contributed by atoms with van der Waals surface area (Å²) in [5, 5.41) is 0. The van der Waals surface area contributed by atoms with Gasteiger partial charge in [-0.3, -0.25) is 14.7 Å². The SMILES string of the molecule is CN(Cc1cccnc1)Cc1ccc(C(N)=O)cc1N. The number of amides is 1. The Morgan fingerprint density at radius 3 is 2.70 bits per heavy atom. The van der Waals surface area contributed by atoms with Crippen LogP contribution in [0.15, 0.2) is 42.7 Å². The number of primary amides is 1. The van der Waals surface area contributed by atoms with E-state index in [9.17, 15) is 4.79 Å². The van der Waals surface area contributed by atoms with Crippen molar-refractivity contribution in [2.45, 2.75) is 13.1 Å². The minimum atomic E-state index is -0.466. The second-order valence-corrected chi connectivity index (χ2v) is 4.81. The molecule has 1 aromatic heterocycles. The molecule has 4 N–H and O–H groups in total. The maximum Gasteiger partial charge on any atom is 0.248 e. The summed E-state index contributed by atoms with van der Waals surface area (Å²) < 4.78 is 0. The molecule has 5 heteroatoms. The number of nitrogen functional groups attached to an aromatic ring is 1. The zero-order valence-corrected chi connectivity index (χ0v) is 11.4. The Bertz CT molecular complexity index is 598. The number of hydrogen-bond donors (Lipinski definition) is 2. The molecule has 104 valence electrons. The number of pyridine rings is 1. The third-order valence-electron chi connectivity index (χ3n) is 3.05. The first-order valence-electron chi connectivity index (χ1n) is 6.32. The van der Waals surface area contributed by atoms with Crippen molar-refractivity contribution in [1.29, 1.82) is 0 Å². The van der Waals surface area contributed by atoms with Gasteiger partial charge in [0, 0.05) is 36.7 Å². The number of anilines is 1. The molecule has 0 aliphatic heterocycles. The van der Waals surface area contributed by atoms with Gasteiger partial charge >= 0.3 is 0 Å². The first kappa shape index (κ1) is 14.0. The summed E-state index contributed by atoms with van der Waals surface area (Å²) in [6.07, 6.45) is 3.60. The lowest BCUT2D eigenvalue weighted by molar-refractivity contribution is 0.100. The quantitative estimate of drug-likeness (QED) is 0.804. The van der Waals surface area contributed by atoms with Crippen molar-refractivity contribution >= 4 is 11.6 Å². The fourth-order valence-electron chi connectivity index (χ4n) is 2.04. The molecule has 0 fully saturated rings. The number of benzene rings is 1. The maximum absolute atomic E-state index is 11.1. The van der Waals surface area contributed by atoms with E-state index in [1.807, 2.05) is 31.4 Å². The van der Waals surface area contributed by atoms with Crippen molar-refractivity contribution < 1.29 is 4.79 Å². The van der Waals surface area contributed by atoms with Gasteiger partial charge in [-0.1, -0.05) is 12.1 Å². The van der Waals surface area contributed by atoms with Crippen LogP contribution in [0.4, 0.5) is 5.69 Å². The van der Waals surface area contributed by atoms with Crippen molar-refractivity contribution in [3.8, 4) is 0 Å². The zero-order chi connectivity index (χ0) is 14.5. The van der Waals surface area contributed by atoms with Crippen LogP contribution in [-0.4, -0.2) is 22.8 Å². The summed E-state index contributed by atoms with van der Waals surface area (Å²) in [6.45, 7) is 1.48. The molecule has 0 aliphatic rings. The van der Waals surface area contributed by atoms with Gasteiger partial charge in [0.15, 0.2) is 0 Å². The van der Waals surface area contributed by atoms with Gasteiger partial charge in [-0.2, -0.15) is 0 Å². The standard InChI is InChI=1S/C15H18N4O/c1-19(9-11-3-2-6-18-8-11)10-13-5-4-12(15(17)20)7-14(13)16/h2-8H,9-10,16H2,1H3,(H2,17,20). The fourth-order valence-corrected chi connectivity index (χ4v) is 2.04. The minimum Gasteiger partial charge on any atom is -0.398 e. The Morgan fingerprint density at radius 1 is 1.30 bits per heavy atom. The van der Waals surface area contributed by atoms with Gasteiger partial charge in [0.05, 0.1) is 0 Å². The highest BCUT2D eigenvalue weighted by molar-refractivity contribution is 5.93. The molecule has 2 rings (SSSR count). The normalized spacial score (nSPS) is 10.7. The fraction of sp³-hybridized carbons (Fsp3) is 0.200. The molecule has 0 saturated carbocycles. The monoisotopic (exact) mass is 270 g/mol. The molecular formula is C15H18N4O. The lowest BCUT2D eigenvalue weighted by Crippen LogP contribution is -2.19. The van der Waals surface area contributed by atoms with Crippen LogP contribution >= 0.6 is 0 Å². The van der Waals surface area contributed by atoms with Crippen LogP contribution in [0.2, 0.25) is 0 Å². The number of nitrogens with zero attached hydrogens (tertiary/aromatic N) is 2. The number of aromatic nitrogens is 1. The number of hydrogen-bond acceptors (Lipinski definition) is 4. The number of carbonyl (C=O) groups excluding carboxylic acids is 1. The van der Waals surface area contributed by atoms with E-state index in [1.165, 1.54) is 0 Å². The Kier molecular flexibility index (Phi) is 4.32. The Morgan fingerprint density at radius 2 is 2.10 bits per heavy atom. The molecule has 0 spiro atoms. The van der Waals surface area contributed by atoms with Gasteiger partial charge in [-0.25, -0.2) is 0 Å². The second kappa shape index (κ2) is 6.16. The van der Waals surface area contributed by atoms with Crippen molar-refractivity contribution in [3.05, 3.63) is 59.4 Å². The van der Waals surface area contributed by atoms with Crippen molar-refractivity contribution in [2.75, 3.05) is 12.8 Å². The highest BCUT2D eigenvalue weighted by atomic mass is 16.1. The second-order valence-electron chi connectivity index (χ2n) is 4.81. The average molecular weight is 270 g/mol. The third-order valence-corrected chi connectivity index (χ3v) is 3.05. The lowest BCUT2D eigenvalue weighted by Gasteiger charge is -2.18. The highest BCUT2D eigenvalue weighted by Gasteiger charge is 2.07. The molecule has 1 aromatic carbocycles. The topological polar surface area (TPSA) is 85.2 Å². The molecule has 1 heterocycles. The van der Waals surface area contributed by atoms with E-state index >= 15 is 0 Å². The smallest absolute Gasteiger partial charge is 0.248 e. The van der Waals surface area contributed by atoms with E-state index in [1.54, 1.807) is 18.3 Å². The molecule has 2 aromatic rings. The first-order chi connectivity index (χ1) is 9.56. The summed E-state index contributed by atoms with van der Waals surface area (Å²) in [7, 11) is 2.01. The average Bonchev–Trinajstić information content (AvgIpc) is 2.42. The van der Waals surface area contributed by atoms with Gasteiger partial charge in [0.2, 0.25) is 5.91 Å². The summed E-state index contributed by atoms with van der Waals surface area (Å²) in [5.74, 6) is -0.466. The van der Waals surface area contributed by atoms with Crippen molar-refractivity contribution in [2.24, 2.45) is 5.73 Å². The molecule has 0 bridgehead atoms. The summed E-state index contributed by atoms with van der Waals surface area (Å²) in [6, 6.07) is 9.11. The Hall–Kier alpha value is -2.40. The van der Waals surface area contributed by atoms with Gasteiger partial charge in [-0.05, 0) is 36.4 Å². The van der Waals surface area contributed by atoms with E-state index in [0.717, 1.165) is 17.7 Å². The zero-order valence-electron chi connectivity index (χ0n) is 11.4. The van der Waals surface area contributed by atoms with Crippen molar-refractivity contribution in [3.63, 3.8) is 0 Å². The number of nitrogens with two attached hydrogens (primary N) is 2. The van der Waals surface area contributed by atoms with Crippen LogP contribution in [0.25, 0.3) is 0 Å². The maximum atomic E-state index is 11.1. The molecule has 0 aliphatic carbocycles. The predicted molar refractivity (Wildman–Crippen MR) is 78.8 cm³/mol. The molecule has 0 unspecified atom stereocenters. The Labute approximate surface area is 118 Å². The number of rotatable bonds is 5. The Balaban J connectivity index is 2.04. The third kappa shape index (κ3) is 3.55. The van der Waals surface area contributed by atoms with E-state index in [2.05, 4.69) is 9.88 Å². The lowest BCUT2D eigenvalue weighted by atomic mass is 10.1. The van der Waals surface area contributed by atoms with Crippen LogP contribution in [0.1, 0.15) is 21.5 Å². The van der Waals surface area contributed by atoms with E-state index in [0.29, 0.717) is 17.8 Å². The highest BCUT2D eigenvalue weighted by Crippen LogP contribution is 2.16. The summed E-state index contributed by atoms with van der Waals surface area (Å²) >= 11 is 0. The number of carbonyl (C=O) groups is 1. The molecule has 0 saturated heterocycles. The van der Waals surface area contributed by atoms with Gasteiger partial charge in [-0.15, -0.1) is 0 Å². The van der Waals surface area contributed by atoms with Gasteiger partial charge < -0.3 is 11.5 Å². The summed E-state index contributed by atoms with van der Waals surface area (Å²) in [4.78, 5) is 17.3. The molecular weight excluding hydrogens is 252 g/mol. The molecule has 20 heavy (non-hydrogen) atoms. The molecule has 0 radical (unpaired) electrons. The predicted octanol–water partition coefficient (Wildman–Crippen LogP) is 1.39. The van der Waals surface area contributed by atoms with Crippen LogP contribution in [0, 0.1) is 0 Å². The van der Waals surface area contributed by atoms with Crippen LogP contribution in [0.5, 0.6) is 0 Å². The van der Waals surface area contributed by atoms with Gasteiger partial charge in [0.25, 0.3) is 0 Å². The van der Waals surface area contributed by atoms with E-state index in [4.69, 9.17) is 11.5 Å². The van der Waals surface area contributed by atoms with E-state index < -0.39 is 5.91 Å². The summed E-state index contributed by atoms with van der Waals surface area (Å²) in [5.41, 5.74) is 14.3. The van der Waals surface area contributed by atoms with E-state index in [-0.39, 0.29) is 0 Å².